The fourth-order valence-electron chi connectivity index (χ4n) is 5.33. The first-order valence-corrected chi connectivity index (χ1v) is 12.4. The second-order valence-corrected chi connectivity index (χ2v) is 10.5. The van der Waals surface area contributed by atoms with Gasteiger partial charge in [0.05, 0.1) is 24.4 Å². The van der Waals surface area contributed by atoms with Crippen LogP contribution in [-0.4, -0.2) is 35.8 Å². The summed E-state index contributed by atoms with van der Waals surface area (Å²) in [5.41, 5.74) is -6.83. The van der Waals surface area contributed by atoms with E-state index in [9.17, 15) is 31.1 Å². The van der Waals surface area contributed by atoms with E-state index >= 15 is 4.39 Å². The summed E-state index contributed by atoms with van der Waals surface area (Å²) in [7, 11) is 0. The smallest absolute Gasteiger partial charge is 0.374 e. The molecule has 1 saturated carbocycles. The standard InChI is InChI=1S/C26H22ClF7N2O2/c27-20-10-18(9-19(11-20)25(29,30)31)24(26(32,33)34)12-21(35-38-24)15-5-7-17(8-6-15)23(28)13-36(14-23)22(37)16-3-1-2-4-16/h5-11,16H,1-4,12-14H2. The van der Waals surface area contributed by atoms with Gasteiger partial charge >= 0.3 is 12.4 Å². The van der Waals surface area contributed by atoms with Crippen LogP contribution in [0.2, 0.25) is 5.02 Å². The van der Waals surface area contributed by atoms with Gasteiger partial charge in [0.2, 0.25) is 5.91 Å². The second-order valence-electron chi connectivity index (χ2n) is 10.1. The van der Waals surface area contributed by atoms with Gasteiger partial charge in [-0.2, -0.15) is 26.3 Å². The fourth-order valence-corrected chi connectivity index (χ4v) is 5.57. The minimum absolute atomic E-state index is 0.0527. The highest BCUT2D eigenvalue weighted by atomic mass is 35.5. The molecule has 1 saturated heterocycles. The van der Waals surface area contributed by atoms with Crippen molar-refractivity contribution in [3.05, 3.63) is 69.7 Å². The summed E-state index contributed by atoms with van der Waals surface area (Å²) in [6.45, 7) is -0.196. The van der Waals surface area contributed by atoms with Crippen molar-refractivity contribution in [1.82, 2.24) is 4.90 Å². The highest BCUT2D eigenvalue weighted by Crippen LogP contribution is 2.50. The SMILES string of the molecule is O=C(C1CCCC1)N1CC(F)(c2ccc(C3=NOC(c4cc(Cl)cc(C(F)(F)F)c4)(C(F)(F)F)C3)cc2)C1. The maximum atomic E-state index is 15.4. The minimum atomic E-state index is -5.13. The van der Waals surface area contributed by atoms with Crippen LogP contribution in [0.3, 0.4) is 0 Å². The van der Waals surface area contributed by atoms with E-state index in [1.54, 1.807) is 0 Å². The lowest BCUT2D eigenvalue weighted by atomic mass is 9.84. The maximum absolute atomic E-state index is 15.4. The van der Waals surface area contributed by atoms with Gasteiger partial charge in [0, 0.05) is 22.9 Å². The predicted molar refractivity (Wildman–Crippen MR) is 124 cm³/mol. The average Bonchev–Trinajstić information content (AvgIpc) is 3.52. The van der Waals surface area contributed by atoms with Crippen LogP contribution in [0.15, 0.2) is 47.6 Å². The first-order valence-electron chi connectivity index (χ1n) is 12.0. The number of halogens is 8. The number of alkyl halides is 7. The molecular formula is C26H22ClF7N2O2. The molecule has 2 fully saturated rings. The molecule has 1 amide bonds. The van der Waals surface area contributed by atoms with Crippen molar-refractivity contribution >= 4 is 23.2 Å². The lowest BCUT2D eigenvalue weighted by molar-refractivity contribution is -0.276. The summed E-state index contributed by atoms with van der Waals surface area (Å²) in [4.78, 5) is 18.8. The molecule has 2 heterocycles. The summed E-state index contributed by atoms with van der Waals surface area (Å²) in [5.74, 6) is -0.119. The van der Waals surface area contributed by atoms with E-state index in [-0.39, 0.29) is 41.8 Å². The van der Waals surface area contributed by atoms with Crippen molar-refractivity contribution in [3.8, 4) is 0 Å². The summed E-state index contributed by atoms with van der Waals surface area (Å²) < 4.78 is 97.9. The van der Waals surface area contributed by atoms with Gasteiger partial charge in [-0.05, 0) is 42.2 Å². The molecule has 1 atom stereocenters. The second kappa shape index (κ2) is 9.14. The third kappa shape index (κ3) is 4.63. The van der Waals surface area contributed by atoms with E-state index in [2.05, 4.69) is 5.16 Å². The number of hydrogen-bond acceptors (Lipinski definition) is 3. The molecular weight excluding hydrogens is 541 g/mol. The summed E-state index contributed by atoms with van der Waals surface area (Å²) in [6, 6.07) is 7.23. The Morgan fingerprint density at radius 3 is 2.18 bits per heavy atom. The molecule has 2 aromatic rings. The van der Waals surface area contributed by atoms with E-state index in [4.69, 9.17) is 16.4 Å². The maximum Gasteiger partial charge on any atom is 0.435 e. The number of rotatable bonds is 4. The number of hydrogen-bond donors (Lipinski definition) is 0. The Labute approximate surface area is 218 Å². The van der Waals surface area contributed by atoms with Crippen molar-refractivity contribution in [2.75, 3.05) is 13.1 Å². The van der Waals surface area contributed by atoms with Crippen molar-refractivity contribution in [2.24, 2.45) is 11.1 Å². The molecule has 3 aliphatic rings. The number of oxime groups is 1. The van der Waals surface area contributed by atoms with Gasteiger partial charge in [-0.1, -0.05) is 53.9 Å². The van der Waals surface area contributed by atoms with Crippen molar-refractivity contribution < 1.29 is 40.4 Å². The van der Waals surface area contributed by atoms with Crippen LogP contribution in [0.25, 0.3) is 0 Å². The van der Waals surface area contributed by atoms with Crippen LogP contribution in [-0.2, 0) is 27.1 Å². The fraction of sp³-hybridized carbons (Fsp3) is 0.462. The number of carbonyl (C=O) groups is 1. The minimum Gasteiger partial charge on any atom is -0.374 e. The number of amides is 1. The molecule has 0 aromatic heterocycles. The van der Waals surface area contributed by atoms with E-state index < -0.39 is 46.2 Å². The molecule has 0 N–H and O–H groups in total. The predicted octanol–water partition coefficient (Wildman–Crippen LogP) is 7.14. The van der Waals surface area contributed by atoms with Gasteiger partial charge in [0.15, 0.2) is 5.67 Å². The van der Waals surface area contributed by atoms with Gasteiger partial charge in [-0.15, -0.1) is 0 Å². The number of carbonyl (C=O) groups excluding carboxylic acids is 1. The Hall–Kier alpha value is -2.82. The van der Waals surface area contributed by atoms with Crippen molar-refractivity contribution in [3.63, 3.8) is 0 Å². The van der Waals surface area contributed by atoms with Crippen LogP contribution in [0.5, 0.6) is 0 Å². The zero-order chi connectivity index (χ0) is 27.5. The highest BCUT2D eigenvalue weighted by molar-refractivity contribution is 6.30. The molecule has 38 heavy (non-hydrogen) atoms. The first-order chi connectivity index (χ1) is 17.7. The van der Waals surface area contributed by atoms with Gasteiger partial charge < -0.3 is 9.74 Å². The van der Waals surface area contributed by atoms with Gasteiger partial charge in [-0.3, -0.25) is 4.79 Å². The third-order valence-corrected chi connectivity index (χ3v) is 7.73. The van der Waals surface area contributed by atoms with Crippen LogP contribution in [0.4, 0.5) is 30.7 Å². The van der Waals surface area contributed by atoms with E-state index in [1.807, 2.05) is 0 Å². The highest BCUT2D eigenvalue weighted by Gasteiger charge is 2.62. The molecule has 1 aliphatic carbocycles. The van der Waals surface area contributed by atoms with Crippen LogP contribution >= 0.6 is 11.6 Å². The molecule has 2 aliphatic heterocycles. The number of likely N-dealkylation sites (tertiary alicyclic amines) is 1. The van der Waals surface area contributed by atoms with Gasteiger partial charge in [0.1, 0.15) is 0 Å². The Bertz CT molecular complexity index is 1260. The first kappa shape index (κ1) is 26.8. The molecule has 0 spiro atoms. The largest absolute Gasteiger partial charge is 0.435 e. The molecule has 0 bridgehead atoms. The van der Waals surface area contributed by atoms with Gasteiger partial charge in [0.25, 0.3) is 5.60 Å². The average molecular weight is 563 g/mol. The Balaban J connectivity index is 1.34. The van der Waals surface area contributed by atoms with Crippen molar-refractivity contribution in [2.45, 2.75) is 55.7 Å². The van der Waals surface area contributed by atoms with E-state index in [1.165, 1.54) is 29.2 Å². The lowest BCUT2D eigenvalue weighted by Gasteiger charge is -2.45. The normalized spacial score (nSPS) is 23.7. The Morgan fingerprint density at radius 2 is 1.61 bits per heavy atom. The molecule has 1 unspecified atom stereocenters. The molecule has 2 aromatic carbocycles. The van der Waals surface area contributed by atoms with Crippen LogP contribution in [0.1, 0.15) is 54.4 Å². The Morgan fingerprint density at radius 1 is 0.974 bits per heavy atom. The van der Waals surface area contributed by atoms with Gasteiger partial charge in [-0.25, -0.2) is 4.39 Å². The summed E-state index contributed by atoms with van der Waals surface area (Å²) >= 11 is 5.73. The van der Waals surface area contributed by atoms with E-state index in [0.29, 0.717) is 12.1 Å². The monoisotopic (exact) mass is 562 g/mol. The topological polar surface area (TPSA) is 41.9 Å². The lowest BCUT2D eigenvalue weighted by Crippen LogP contribution is -2.59. The van der Waals surface area contributed by atoms with Crippen molar-refractivity contribution in [1.29, 1.82) is 0 Å². The third-order valence-electron chi connectivity index (χ3n) is 7.51. The Kier molecular flexibility index (Phi) is 6.44. The van der Waals surface area contributed by atoms with Crippen LogP contribution < -0.4 is 0 Å². The molecule has 0 radical (unpaired) electrons. The zero-order valence-corrected chi connectivity index (χ0v) is 20.6. The number of nitrogens with zero attached hydrogens (tertiary/aromatic N) is 2. The van der Waals surface area contributed by atoms with Crippen LogP contribution in [0, 0.1) is 5.92 Å². The quantitative estimate of drug-likeness (QED) is 0.372. The molecule has 4 nitrogen and oxygen atoms in total. The zero-order valence-electron chi connectivity index (χ0n) is 19.8. The summed E-state index contributed by atoms with van der Waals surface area (Å²) in [5, 5.41) is 3.02. The molecule has 5 rings (SSSR count). The summed E-state index contributed by atoms with van der Waals surface area (Å²) in [6.07, 6.45) is -7.38. The van der Waals surface area contributed by atoms with E-state index in [0.717, 1.165) is 31.7 Å². The number of benzene rings is 2. The molecule has 12 heteroatoms. The molecule has 204 valence electrons.